The highest BCUT2D eigenvalue weighted by Gasteiger charge is 2.37. The fraction of sp³-hybridized carbons (Fsp3) is 0.714. The molecule has 1 aliphatic carbocycles. The van der Waals surface area contributed by atoms with Crippen LogP contribution in [0.3, 0.4) is 0 Å². The fourth-order valence-electron chi connectivity index (χ4n) is 0.938. The van der Waals surface area contributed by atoms with Gasteiger partial charge in [-0.25, -0.2) is 0 Å². The summed E-state index contributed by atoms with van der Waals surface area (Å²) >= 11 is 0. The molecule has 1 nitrogen and oxygen atoms in total. The van der Waals surface area contributed by atoms with Crippen LogP contribution in [0.15, 0.2) is 12.2 Å². The second-order valence-electron chi connectivity index (χ2n) is 3.00. The van der Waals surface area contributed by atoms with Gasteiger partial charge in [-0.05, 0) is 26.2 Å². The van der Waals surface area contributed by atoms with Crippen molar-refractivity contribution in [2.45, 2.75) is 31.7 Å². The van der Waals surface area contributed by atoms with Crippen molar-refractivity contribution in [2.24, 2.45) is 5.73 Å². The van der Waals surface area contributed by atoms with Gasteiger partial charge in [-0.15, -0.1) is 6.58 Å². The van der Waals surface area contributed by atoms with Gasteiger partial charge in [0, 0.05) is 5.54 Å². The van der Waals surface area contributed by atoms with Crippen molar-refractivity contribution >= 4 is 0 Å². The molecule has 0 atom stereocenters. The standard InChI is InChI=1S/C7H13N/c1-6(2)5-7(8)3-4-7/h1,3-5,8H2,2H3. The molecular formula is C7H13N. The van der Waals surface area contributed by atoms with Crippen LogP contribution in [0.25, 0.3) is 0 Å². The summed E-state index contributed by atoms with van der Waals surface area (Å²) < 4.78 is 0. The number of hydrogen-bond acceptors (Lipinski definition) is 1. The summed E-state index contributed by atoms with van der Waals surface area (Å²) in [5.41, 5.74) is 7.17. The molecule has 2 N–H and O–H groups in total. The second kappa shape index (κ2) is 1.59. The summed E-state index contributed by atoms with van der Waals surface area (Å²) in [7, 11) is 0. The van der Waals surface area contributed by atoms with Crippen molar-refractivity contribution in [2.75, 3.05) is 0 Å². The van der Waals surface area contributed by atoms with Crippen LogP contribution in [0.2, 0.25) is 0 Å². The van der Waals surface area contributed by atoms with Crippen molar-refractivity contribution in [1.82, 2.24) is 0 Å². The van der Waals surface area contributed by atoms with Crippen molar-refractivity contribution in [3.63, 3.8) is 0 Å². The summed E-state index contributed by atoms with van der Waals surface area (Å²) in [5, 5.41) is 0. The molecule has 1 rings (SSSR count). The summed E-state index contributed by atoms with van der Waals surface area (Å²) in [5.74, 6) is 0. The van der Waals surface area contributed by atoms with Gasteiger partial charge in [0.05, 0.1) is 0 Å². The van der Waals surface area contributed by atoms with Gasteiger partial charge in [-0.3, -0.25) is 0 Å². The molecule has 0 aromatic carbocycles. The zero-order valence-electron chi connectivity index (χ0n) is 5.41. The Morgan fingerprint density at radius 3 is 2.38 bits per heavy atom. The Bertz CT molecular complexity index is 112. The molecule has 1 fully saturated rings. The maximum atomic E-state index is 5.79. The zero-order valence-corrected chi connectivity index (χ0v) is 5.41. The predicted molar refractivity (Wildman–Crippen MR) is 35.6 cm³/mol. The monoisotopic (exact) mass is 111 g/mol. The summed E-state index contributed by atoms with van der Waals surface area (Å²) in [6.45, 7) is 5.84. The van der Waals surface area contributed by atoms with E-state index in [1.807, 2.05) is 6.92 Å². The van der Waals surface area contributed by atoms with E-state index in [1.165, 1.54) is 18.4 Å². The Balaban J connectivity index is 2.29. The fourth-order valence-corrected chi connectivity index (χ4v) is 0.938. The van der Waals surface area contributed by atoms with Crippen LogP contribution in [0, 0.1) is 0 Å². The van der Waals surface area contributed by atoms with Crippen LogP contribution >= 0.6 is 0 Å². The summed E-state index contributed by atoms with van der Waals surface area (Å²) in [4.78, 5) is 0. The topological polar surface area (TPSA) is 26.0 Å². The van der Waals surface area contributed by atoms with Gasteiger partial charge in [0.15, 0.2) is 0 Å². The lowest BCUT2D eigenvalue weighted by Crippen LogP contribution is -2.21. The van der Waals surface area contributed by atoms with Gasteiger partial charge in [0.2, 0.25) is 0 Å². The summed E-state index contributed by atoms with van der Waals surface area (Å²) in [6, 6.07) is 0. The van der Waals surface area contributed by atoms with Crippen LogP contribution < -0.4 is 5.73 Å². The third-order valence-corrected chi connectivity index (χ3v) is 1.55. The largest absolute Gasteiger partial charge is 0.325 e. The van der Waals surface area contributed by atoms with E-state index >= 15 is 0 Å². The molecule has 1 heteroatoms. The Kier molecular flexibility index (Phi) is 1.16. The van der Waals surface area contributed by atoms with E-state index in [4.69, 9.17) is 5.73 Å². The highest BCUT2D eigenvalue weighted by Crippen LogP contribution is 2.37. The average Bonchev–Trinajstić information content (AvgIpc) is 2.17. The van der Waals surface area contributed by atoms with Crippen LogP contribution in [0.1, 0.15) is 26.2 Å². The molecule has 0 unspecified atom stereocenters. The number of nitrogens with two attached hydrogens (primary N) is 1. The molecule has 0 aromatic heterocycles. The molecule has 1 aliphatic rings. The van der Waals surface area contributed by atoms with Crippen LogP contribution in [0.4, 0.5) is 0 Å². The Hall–Kier alpha value is -0.300. The Labute approximate surface area is 50.6 Å². The highest BCUT2D eigenvalue weighted by molar-refractivity contribution is 5.08. The first-order valence-corrected chi connectivity index (χ1v) is 3.06. The zero-order chi connectivity index (χ0) is 6.20. The third kappa shape index (κ3) is 1.34. The smallest absolute Gasteiger partial charge is 0.0193 e. The summed E-state index contributed by atoms with van der Waals surface area (Å²) in [6.07, 6.45) is 3.41. The van der Waals surface area contributed by atoms with E-state index in [1.54, 1.807) is 0 Å². The lowest BCUT2D eigenvalue weighted by Gasteiger charge is -2.05. The van der Waals surface area contributed by atoms with Crippen LogP contribution in [-0.4, -0.2) is 5.54 Å². The molecular weight excluding hydrogens is 98.1 g/mol. The molecule has 0 aliphatic heterocycles. The third-order valence-electron chi connectivity index (χ3n) is 1.55. The molecule has 0 amide bonds. The normalized spacial score (nSPS) is 22.8. The lowest BCUT2D eigenvalue weighted by atomic mass is 10.1. The van der Waals surface area contributed by atoms with Gasteiger partial charge in [-0.1, -0.05) is 5.57 Å². The molecule has 0 spiro atoms. The quantitative estimate of drug-likeness (QED) is 0.536. The molecule has 0 aromatic rings. The van der Waals surface area contributed by atoms with Gasteiger partial charge in [0.25, 0.3) is 0 Å². The van der Waals surface area contributed by atoms with Crippen molar-refractivity contribution < 1.29 is 0 Å². The van der Waals surface area contributed by atoms with E-state index in [0.29, 0.717) is 0 Å². The van der Waals surface area contributed by atoms with Gasteiger partial charge < -0.3 is 5.73 Å². The minimum atomic E-state index is 0.172. The van der Waals surface area contributed by atoms with Crippen molar-refractivity contribution in [3.8, 4) is 0 Å². The first-order valence-electron chi connectivity index (χ1n) is 3.06. The Morgan fingerprint density at radius 2 is 2.25 bits per heavy atom. The van der Waals surface area contributed by atoms with E-state index in [9.17, 15) is 0 Å². The van der Waals surface area contributed by atoms with E-state index in [-0.39, 0.29) is 5.54 Å². The first kappa shape index (κ1) is 5.83. The molecule has 0 radical (unpaired) electrons. The van der Waals surface area contributed by atoms with E-state index < -0.39 is 0 Å². The molecule has 46 valence electrons. The highest BCUT2D eigenvalue weighted by atomic mass is 14.8. The van der Waals surface area contributed by atoms with E-state index in [0.717, 1.165) is 6.42 Å². The van der Waals surface area contributed by atoms with Gasteiger partial charge in [-0.2, -0.15) is 0 Å². The van der Waals surface area contributed by atoms with Crippen LogP contribution in [-0.2, 0) is 0 Å². The lowest BCUT2D eigenvalue weighted by molar-refractivity contribution is 0.668. The van der Waals surface area contributed by atoms with Crippen molar-refractivity contribution in [1.29, 1.82) is 0 Å². The van der Waals surface area contributed by atoms with E-state index in [2.05, 4.69) is 6.58 Å². The molecule has 1 saturated carbocycles. The second-order valence-corrected chi connectivity index (χ2v) is 3.00. The predicted octanol–water partition coefficient (Wildman–Crippen LogP) is 1.44. The van der Waals surface area contributed by atoms with Gasteiger partial charge >= 0.3 is 0 Å². The minimum Gasteiger partial charge on any atom is -0.325 e. The molecule has 0 saturated heterocycles. The first-order chi connectivity index (χ1) is 3.62. The number of hydrogen-bond donors (Lipinski definition) is 1. The van der Waals surface area contributed by atoms with Crippen molar-refractivity contribution in [3.05, 3.63) is 12.2 Å². The van der Waals surface area contributed by atoms with Crippen LogP contribution in [0.5, 0.6) is 0 Å². The van der Waals surface area contributed by atoms with Gasteiger partial charge in [0.1, 0.15) is 0 Å². The minimum absolute atomic E-state index is 0.172. The average molecular weight is 111 g/mol. The maximum absolute atomic E-state index is 5.79. The Morgan fingerprint density at radius 1 is 1.75 bits per heavy atom. The maximum Gasteiger partial charge on any atom is 0.0193 e. The molecule has 8 heavy (non-hydrogen) atoms. The molecule has 0 bridgehead atoms. The SMILES string of the molecule is C=C(C)CC1(N)CC1. The number of rotatable bonds is 2. The molecule has 0 heterocycles.